The van der Waals surface area contributed by atoms with E-state index in [0.717, 1.165) is 9.80 Å². The summed E-state index contributed by atoms with van der Waals surface area (Å²) in [6.45, 7) is 1.56. The number of amides is 4. The first-order valence-corrected chi connectivity index (χ1v) is 5.91. The maximum atomic E-state index is 11.7. The number of aliphatic carboxylic acids is 1. The molecule has 1 heterocycles. The van der Waals surface area contributed by atoms with Crippen molar-refractivity contribution in [2.45, 2.75) is 25.8 Å². The molecule has 1 aliphatic rings. The number of rotatable bonds is 6. The molecule has 19 heavy (non-hydrogen) atoms. The lowest BCUT2D eigenvalue weighted by molar-refractivity contribution is -0.148. The van der Waals surface area contributed by atoms with Gasteiger partial charge in [-0.05, 0) is 13.3 Å². The third-order valence-electron chi connectivity index (χ3n) is 3.04. The van der Waals surface area contributed by atoms with Crippen LogP contribution in [0.15, 0.2) is 0 Å². The molecule has 0 aromatic heterocycles. The number of carboxylic acid groups (broad SMARTS) is 1. The average molecular weight is 271 g/mol. The number of likely N-dealkylation sites (N-methyl/N-ethyl adjacent to an activating group) is 1. The SMILES string of the molecule is CC(C(=O)O)N(C)C(=O)CCCN1C(=O)CNC1=O. The van der Waals surface area contributed by atoms with Crippen LogP contribution in [0.1, 0.15) is 19.8 Å². The highest BCUT2D eigenvalue weighted by Crippen LogP contribution is 2.05. The van der Waals surface area contributed by atoms with Crippen LogP contribution in [0.2, 0.25) is 0 Å². The van der Waals surface area contributed by atoms with E-state index in [-0.39, 0.29) is 31.3 Å². The van der Waals surface area contributed by atoms with Crippen molar-refractivity contribution >= 4 is 23.8 Å². The van der Waals surface area contributed by atoms with Gasteiger partial charge in [0.2, 0.25) is 11.8 Å². The summed E-state index contributed by atoms with van der Waals surface area (Å²) in [5.74, 6) is -1.73. The number of carbonyl (C=O) groups is 4. The van der Waals surface area contributed by atoms with E-state index < -0.39 is 18.0 Å². The summed E-state index contributed by atoms with van der Waals surface area (Å²) in [6, 6.07) is -1.35. The van der Waals surface area contributed by atoms with Gasteiger partial charge >= 0.3 is 12.0 Å². The first-order chi connectivity index (χ1) is 8.84. The predicted octanol–water partition coefficient (Wildman–Crippen LogP) is -0.750. The van der Waals surface area contributed by atoms with Gasteiger partial charge in [0.15, 0.2) is 0 Å². The van der Waals surface area contributed by atoms with E-state index in [1.807, 2.05) is 0 Å². The Bertz CT molecular complexity index is 393. The molecule has 1 unspecified atom stereocenters. The number of hydrogen-bond acceptors (Lipinski definition) is 4. The van der Waals surface area contributed by atoms with E-state index in [1.165, 1.54) is 14.0 Å². The van der Waals surface area contributed by atoms with Crippen molar-refractivity contribution in [3.63, 3.8) is 0 Å². The molecule has 0 spiro atoms. The quantitative estimate of drug-likeness (QED) is 0.618. The third-order valence-corrected chi connectivity index (χ3v) is 3.04. The minimum atomic E-state index is -1.08. The molecule has 8 heteroatoms. The highest BCUT2D eigenvalue weighted by atomic mass is 16.4. The predicted molar refractivity (Wildman–Crippen MR) is 64.2 cm³/mol. The van der Waals surface area contributed by atoms with Gasteiger partial charge in [-0.3, -0.25) is 14.5 Å². The first-order valence-electron chi connectivity index (χ1n) is 5.91. The van der Waals surface area contributed by atoms with E-state index in [4.69, 9.17) is 5.11 Å². The smallest absolute Gasteiger partial charge is 0.326 e. The van der Waals surface area contributed by atoms with E-state index in [9.17, 15) is 19.2 Å². The van der Waals surface area contributed by atoms with E-state index in [0.29, 0.717) is 6.42 Å². The number of hydrogen-bond donors (Lipinski definition) is 2. The van der Waals surface area contributed by atoms with Crippen LogP contribution in [0, 0.1) is 0 Å². The van der Waals surface area contributed by atoms with Crippen molar-refractivity contribution in [1.29, 1.82) is 0 Å². The molecule has 2 N–H and O–H groups in total. The summed E-state index contributed by atoms with van der Waals surface area (Å²) in [6.07, 6.45) is 0.403. The molecule has 1 rings (SSSR count). The highest BCUT2D eigenvalue weighted by Gasteiger charge is 2.28. The summed E-state index contributed by atoms with van der Waals surface area (Å²) in [7, 11) is 1.41. The summed E-state index contributed by atoms with van der Waals surface area (Å²) in [5, 5.41) is 11.1. The zero-order chi connectivity index (χ0) is 14.6. The Hall–Kier alpha value is -2.12. The molecule has 1 atom stereocenters. The first kappa shape index (κ1) is 14.9. The summed E-state index contributed by atoms with van der Waals surface area (Å²) >= 11 is 0. The lowest BCUT2D eigenvalue weighted by Crippen LogP contribution is -2.40. The summed E-state index contributed by atoms with van der Waals surface area (Å²) < 4.78 is 0. The molecule has 0 saturated carbocycles. The molecule has 0 aliphatic carbocycles. The van der Waals surface area contributed by atoms with E-state index >= 15 is 0 Å². The molecule has 1 aliphatic heterocycles. The zero-order valence-corrected chi connectivity index (χ0v) is 10.9. The fourth-order valence-electron chi connectivity index (χ4n) is 1.63. The molecule has 1 fully saturated rings. The Morgan fingerprint density at radius 1 is 1.47 bits per heavy atom. The van der Waals surface area contributed by atoms with E-state index in [2.05, 4.69) is 5.32 Å². The summed E-state index contributed by atoms with van der Waals surface area (Å²) in [4.78, 5) is 47.1. The maximum absolute atomic E-state index is 11.7. The Balaban J connectivity index is 2.37. The van der Waals surface area contributed by atoms with Crippen molar-refractivity contribution < 1.29 is 24.3 Å². The Morgan fingerprint density at radius 2 is 2.11 bits per heavy atom. The normalized spacial score (nSPS) is 16.2. The van der Waals surface area contributed by atoms with Crippen LogP contribution in [0.4, 0.5) is 4.79 Å². The van der Waals surface area contributed by atoms with Gasteiger partial charge in [0.05, 0.1) is 6.54 Å². The molecule has 1 saturated heterocycles. The van der Waals surface area contributed by atoms with Crippen molar-refractivity contribution in [2.75, 3.05) is 20.1 Å². The lowest BCUT2D eigenvalue weighted by Gasteiger charge is -2.21. The summed E-state index contributed by atoms with van der Waals surface area (Å²) in [5.41, 5.74) is 0. The molecule has 0 radical (unpaired) electrons. The number of nitrogens with one attached hydrogen (secondary N) is 1. The second-order valence-corrected chi connectivity index (χ2v) is 4.33. The Morgan fingerprint density at radius 3 is 2.58 bits per heavy atom. The van der Waals surface area contributed by atoms with Gasteiger partial charge in [-0.1, -0.05) is 0 Å². The van der Waals surface area contributed by atoms with Crippen LogP contribution in [-0.2, 0) is 14.4 Å². The fraction of sp³-hybridized carbons (Fsp3) is 0.636. The number of carbonyl (C=O) groups excluding carboxylic acids is 3. The van der Waals surface area contributed by atoms with E-state index in [1.54, 1.807) is 0 Å². The number of urea groups is 1. The average Bonchev–Trinajstić information content (AvgIpc) is 2.68. The molecule has 4 amide bonds. The standard InChI is InChI=1S/C11H17N3O5/c1-7(10(17)18)13(2)8(15)4-3-5-14-9(16)6-12-11(14)19/h7H,3-6H2,1-2H3,(H,12,19)(H,17,18). The van der Waals surface area contributed by atoms with Crippen molar-refractivity contribution in [1.82, 2.24) is 15.1 Å². The van der Waals surface area contributed by atoms with Crippen LogP contribution in [0.3, 0.4) is 0 Å². The topological polar surface area (TPSA) is 107 Å². The van der Waals surface area contributed by atoms with Gasteiger partial charge in [-0.15, -0.1) is 0 Å². The fourth-order valence-corrected chi connectivity index (χ4v) is 1.63. The second kappa shape index (κ2) is 6.17. The molecule has 106 valence electrons. The molecule has 0 aromatic carbocycles. The van der Waals surface area contributed by atoms with Gasteiger partial charge in [0.25, 0.3) is 0 Å². The van der Waals surface area contributed by atoms with Crippen LogP contribution >= 0.6 is 0 Å². The molecule has 0 aromatic rings. The molecular weight excluding hydrogens is 254 g/mol. The molecule has 8 nitrogen and oxygen atoms in total. The maximum Gasteiger partial charge on any atom is 0.326 e. The van der Waals surface area contributed by atoms with Gasteiger partial charge < -0.3 is 15.3 Å². The van der Waals surface area contributed by atoms with Crippen LogP contribution in [0.25, 0.3) is 0 Å². The monoisotopic (exact) mass is 271 g/mol. The minimum Gasteiger partial charge on any atom is -0.480 e. The lowest BCUT2D eigenvalue weighted by atomic mass is 10.2. The third kappa shape index (κ3) is 3.67. The van der Waals surface area contributed by atoms with Gasteiger partial charge in [0, 0.05) is 20.0 Å². The highest BCUT2D eigenvalue weighted by molar-refractivity contribution is 6.01. The van der Waals surface area contributed by atoms with Crippen LogP contribution in [0.5, 0.6) is 0 Å². The van der Waals surface area contributed by atoms with Gasteiger partial charge in [0.1, 0.15) is 6.04 Å². The van der Waals surface area contributed by atoms with Crippen LogP contribution in [-0.4, -0.2) is 64.9 Å². The van der Waals surface area contributed by atoms with Crippen molar-refractivity contribution in [2.24, 2.45) is 0 Å². The Kier molecular flexibility index (Phi) is 4.85. The molecule has 0 bridgehead atoms. The van der Waals surface area contributed by atoms with Gasteiger partial charge in [-0.25, -0.2) is 9.59 Å². The number of nitrogens with zero attached hydrogens (tertiary/aromatic N) is 2. The largest absolute Gasteiger partial charge is 0.480 e. The van der Waals surface area contributed by atoms with Gasteiger partial charge in [-0.2, -0.15) is 0 Å². The van der Waals surface area contributed by atoms with Crippen molar-refractivity contribution in [3.05, 3.63) is 0 Å². The number of imide groups is 1. The van der Waals surface area contributed by atoms with Crippen molar-refractivity contribution in [3.8, 4) is 0 Å². The Labute approximate surface area is 110 Å². The molecular formula is C11H17N3O5. The number of carboxylic acids is 1. The zero-order valence-electron chi connectivity index (χ0n) is 10.9. The second-order valence-electron chi connectivity index (χ2n) is 4.33. The van der Waals surface area contributed by atoms with Crippen LogP contribution < -0.4 is 5.32 Å². The minimum absolute atomic E-state index is 0.0112.